The van der Waals surface area contributed by atoms with Gasteiger partial charge in [0.15, 0.2) is 0 Å². The van der Waals surface area contributed by atoms with Crippen LogP contribution in [0.5, 0.6) is 0 Å². The molecule has 0 aliphatic rings. The second-order valence-corrected chi connectivity index (χ2v) is 3.58. The van der Waals surface area contributed by atoms with Crippen LogP contribution in [-0.4, -0.2) is 24.4 Å². The zero-order chi connectivity index (χ0) is 13.1. The van der Waals surface area contributed by atoms with Crippen molar-refractivity contribution in [2.24, 2.45) is 5.73 Å². The summed E-state index contributed by atoms with van der Waals surface area (Å²) >= 11 is 0. The predicted octanol–water partition coefficient (Wildman–Crippen LogP) is 1.86. The summed E-state index contributed by atoms with van der Waals surface area (Å²) in [5.74, 6) is 0.199. The summed E-state index contributed by atoms with van der Waals surface area (Å²) in [6.07, 6.45) is -4.16. The van der Waals surface area contributed by atoms with Crippen LogP contribution in [0.4, 0.5) is 19.0 Å². The Morgan fingerprint density at radius 2 is 2.12 bits per heavy atom. The normalized spacial score (nSPS) is 11.3. The SMILES string of the molecule is CN(CCC(=N)N)c1cccc(C(F)(F)F)n1. The molecule has 0 aliphatic heterocycles. The van der Waals surface area contributed by atoms with Crippen molar-refractivity contribution in [2.45, 2.75) is 12.6 Å². The van der Waals surface area contributed by atoms with E-state index in [-0.39, 0.29) is 18.1 Å². The number of nitrogens with one attached hydrogen (secondary N) is 1. The number of pyridine rings is 1. The van der Waals surface area contributed by atoms with E-state index in [0.29, 0.717) is 6.54 Å². The van der Waals surface area contributed by atoms with Gasteiger partial charge in [-0.15, -0.1) is 0 Å². The number of amidine groups is 1. The molecule has 1 heterocycles. The fraction of sp³-hybridized carbons (Fsp3) is 0.400. The minimum Gasteiger partial charge on any atom is -0.388 e. The van der Waals surface area contributed by atoms with E-state index in [4.69, 9.17) is 11.1 Å². The number of anilines is 1. The Labute approximate surface area is 96.8 Å². The third kappa shape index (κ3) is 3.93. The zero-order valence-corrected chi connectivity index (χ0v) is 9.25. The maximum Gasteiger partial charge on any atom is 0.433 e. The molecule has 0 fully saturated rings. The summed E-state index contributed by atoms with van der Waals surface area (Å²) in [7, 11) is 1.60. The van der Waals surface area contributed by atoms with Crippen LogP contribution in [0.3, 0.4) is 0 Å². The monoisotopic (exact) mass is 246 g/mol. The van der Waals surface area contributed by atoms with E-state index in [1.165, 1.54) is 17.0 Å². The molecule has 17 heavy (non-hydrogen) atoms. The van der Waals surface area contributed by atoms with Crippen molar-refractivity contribution < 1.29 is 13.2 Å². The van der Waals surface area contributed by atoms with E-state index in [2.05, 4.69) is 4.98 Å². The molecule has 94 valence electrons. The molecule has 0 bridgehead atoms. The minimum atomic E-state index is -4.45. The molecule has 1 aromatic heterocycles. The molecule has 0 atom stereocenters. The molecule has 0 aliphatic carbocycles. The topological polar surface area (TPSA) is 66.0 Å². The van der Waals surface area contributed by atoms with Crippen LogP contribution in [0.25, 0.3) is 0 Å². The van der Waals surface area contributed by atoms with Crippen molar-refractivity contribution >= 4 is 11.7 Å². The Kier molecular flexibility index (Phi) is 3.93. The van der Waals surface area contributed by atoms with Crippen molar-refractivity contribution in [2.75, 3.05) is 18.5 Å². The minimum absolute atomic E-state index is 0.0103. The average Bonchev–Trinajstić information content (AvgIpc) is 2.25. The van der Waals surface area contributed by atoms with Gasteiger partial charge in [0.2, 0.25) is 0 Å². The Balaban J connectivity index is 2.81. The van der Waals surface area contributed by atoms with Crippen LogP contribution in [-0.2, 0) is 6.18 Å². The van der Waals surface area contributed by atoms with Crippen molar-refractivity contribution in [3.63, 3.8) is 0 Å². The first-order valence-corrected chi connectivity index (χ1v) is 4.89. The lowest BCUT2D eigenvalue weighted by Crippen LogP contribution is -2.25. The van der Waals surface area contributed by atoms with Gasteiger partial charge in [0.05, 0.1) is 5.84 Å². The molecule has 7 heteroatoms. The lowest BCUT2D eigenvalue weighted by Gasteiger charge is -2.18. The van der Waals surface area contributed by atoms with Gasteiger partial charge >= 0.3 is 6.18 Å². The Morgan fingerprint density at radius 3 is 2.65 bits per heavy atom. The van der Waals surface area contributed by atoms with E-state index in [9.17, 15) is 13.2 Å². The molecule has 4 nitrogen and oxygen atoms in total. The summed E-state index contributed by atoms with van der Waals surface area (Å²) in [6, 6.07) is 3.70. The molecule has 0 spiro atoms. The van der Waals surface area contributed by atoms with Crippen LogP contribution in [0.2, 0.25) is 0 Å². The number of hydrogen-bond acceptors (Lipinski definition) is 3. The smallest absolute Gasteiger partial charge is 0.388 e. The van der Waals surface area contributed by atoms with Gasteiger partial charge in [0.1, 0.15) is 11.5 Å². The van der Waals surface area contributed by atoms with E-state index in [1.54, 1.807) is 7.05 Å². The fourth-order valence-electron chi connectivity index (χ4n) is 1.20. The first kappa shape index (κ1) is 13.3. The summed E-state index contributed by atoms with van der Waals surface area (Å²) < 4.78 is 37.2. The van der Waals surface area contributed by atoms with E-state index in [1.807, 2.05) is 0 Å². The number of rotatable bonds is 4. The molecule has 0 unspecified atom stereocenters. The first-order chi connectivity index (χ1) is 7.80. The molecule has 0 amide bonds. The fourth-order valence-corrected chi connectivity index (χ4v) is 1.20. The molecule has 3 N–H and O–H groups in total. The van der Waals surface area contributed by atoms with Crippen LogP contribution >= 0.6 is 0 Å². The number of nitrogens with two attached hydrogens (primary N) is 1. The van der Waals surface area contributed by atoms with Crippen LogP contribution < -0.4 is 10.6 Å². The first-order valence-electron chi connectivity index (χ1n) is 4.89. The number of alkyl halides is 3. The molecular weight excluding hydrogens is 233 g/mol. The average molecular weight is 246 g/mol. The largest absolute Gasteiger partial charge is 0.433 e. The van der Waals surface area contributed by atoms with Gasteiger partial charge in [-0.25, -0.2) is 4.98 Å². The molecule has 0 radical (unpaired) electrons. The standard InChI is InChI=1S/C10H13F3N4/c1-17(6-5-8(14)15)9-4-2-3-7(16-9)10(11,12)13/h2-4H,5-6H2,1H3,(H3,14,15). The summed E-state index contributed by atoms with van der Waals surface area (Å²) in [5, 5.41) is 7.04. The van der Waals surface area contributed by atoms with Crippen LogP contribution in [0.15, 0.2) is 18.2 Å². The Bertz CT molecular complexity index is 403. The lowest BCUT2D eigenvalue weighted by atomic mass is 10.3. The zero-order valence-electron chi connectivity index (χ0n) is 9.25. The van der Waals surface area contributed by atoms with Gasteiger partial charge in [0, 0.05) is 20.0 Å². The summed E-state index contributed by atoms with van der Waals surface area (Å²) in [5.41, 5.74) is 4.25. The highest BCUT2D eigenvalue weighted by molar-refractivity contribution is 5.77. The Hall–Kier alpha value is -1.79. The van der Waals surface area contributed by atoms with Gasteiger partial charge in [-0.05, 0) is 12.1 Å². The third-order valence-corrected chi connectivity index (χ3v) is 2.13. The summed E-state index contributed by atoms with van der Waals surface area (Å²) in [6.45, 7) is 0.351. The number of halogens is 3. The lowest BCUT2D eigenvalue weighted by molar-refractivity contribution is -0.141. The second-order valence-electron chi connectivity index (χ2n) is 3.58. The van der Waals surface area contributed by atoms with Gasteiger partial charge in [0.25, 0.3) is 0 Å². The van der Waals surface area contributed by atoms with E-state index >= 15 is 0 Å². The third-order valence-electron chi connectivity index (χ3n) is 2.13. The maximum absolute atomic E-state index is 12.4. The predicted molar refractivity (Wildman–Crippen MR) is 59.0 cm³/mol. The maximum atomic E-state index is 12.4. The van der Waals surface area contributed by atoms with Crippen LogP contribution in [0.1, 0.15) is 12.1 Å². The van der Waals surface area contributed by atoms with Crippen molar-refractivity contribution in [1.29, 1.82) is 5.41 Å². The highest BCUT2D eigenvalue weighted by atomic mass is 19.4. The quantitative estimate of drug-likeness (QED) is 0.629. The molecule has 0 saturated carbocycles. The highest BCUT2D eigenvalue weighted by Crippen LogP contribution is 2.28. The van der Waals surface area contributed by atoms with Crippen LogP contribution in [0, 0.1) is 5.41 Å². The number of aromatic nitrogens is 1. The molecular formula is C10H13F3N4. The molecule has 0 aromatic carbocycles. The second kappa shape index (κ2) is 5.03. The molecule has 1 aromatic rings. The van der Waals surface area contributed by atoms with E-state index < -0.39 is 11.9 Å². The van der Waals surface area contributed by atoms with Crippen molar-refractivity contribution in [3.05, 3.63) is 23.9 Å². The van der Waals surface area contributed by atoms with Crippen molar-refractivity contribution in [3.8, 4) is 0 Å². The van der Waals surface area contributed by atoms with Gasteiger partial charge < -0.3 is 10.6 Å². The summed E-state index contributed by atoms with van der Waals surface area (Å²) in [4.78, 5) is 5.04. The van der Waals surface area contributed by atoms with Gasteiger partial charge in [-0.3, -0.25) is 5.41 Å². The van der Waals surface area contributed by atoms with E-state index in [0.717, 1.165) is 6.07 Å². The molecule has 1 rings (SSSR count). The molecule has 0 saturated heterocycles. The van der Waals surface area contributed by atoms with Gasteiger partial charge in [-0.2, -0.15) is 13.2 Å². The Morgan fingerprint density at radius 1 is 1.47 bits per heavy atom. The number of nitrogens with zero attached hydrogens (tertiary/aromatic N) is 2. The van der Waals surface area contributed by atoms with Crippen molar-refractivity contribution in [1.82, 2.24) is 4.98 Å². The highest BCUT2D eigenvalue weighted by Gasteiger charge is 2.32. The number of hydrogen-bond donors (Lipinski definition) is 2. The van der Waals surface area contributed by atoms with Gasteiger partial charge in [-0.1, -0.05) is 6.07 Å².